The summed E-state index contributed by atoms with van der Waals surface area (Å²) in [5.74, 6) is -1.31. The molecule has 1 aromatic heterocycles. The number of hydrogen-bond acceptors (Lipinski definition) is 4. The lowest BCUT2D eigenvalue weighted by atomic mass is 10.2. The predicted octanol–water partition coefficient (Wildman–Crippen LogP) is 6.13. The predicted molar refractivity (Wildman–Crippen MR) is 108 cm³/mol. The van der Waals surface area contributed by atoms with E-state index in [0.29, 0.717) is 11.4 Å². The summed E-state index contributed by atoms with van der Waals surface area (Å²) in [4.78, 5) is 16.5. The third-order valence-electron chi connectivity index (χ3n) is 4.04. The molecule has 4 aromatic rings. The first kappa shape index (κ1) is 18.8. The van der Waals surface area contributed by atoms with E-state index >= 15 is 0 Å². The van der Waals surface area contributed by atoms with Crippen LogP contribution >= 0.6 is 11.3 Å². The topological polar surface area (TPSA) is 51.2 Å². The molecule has 0 aliphatic carbocycles. The summed E-state index contributed by atoms with van der Waals surface area (Å²) in [6, 6.07) is 20.0. The Morgan fingerprint density at radius 2 is 1.52 bits per heavy atom. The van der Waals surface area contributed by atoms with Crippen molar-refractivity contribution in [2.24, 2.45) is 0 Å². The van der Waals surface area contributed by atoms with Gasteiger partial charge in [0.15, 0.2) is 5.13 Å². The average Bonchev–Trinajstić information content (AvgIpc) is 3.17. The van der Waals surface area contributed by atoms with Crippen molar-refractivity contribution in [3.05, 3.63) is 95.4 Å². The zero-order valence-electron chi connectivity index (χ0n) is 14.9. The molecule has 4 nitrogen and oxygen atoms in total. The van der Waals surface area contributed by atoms with E-state index in [0.717, 1.165) is 23.4 Å². The molecule has 0 saturated heterocycles. The molecule has 0 aliphatic heterocycles. The quantitative estimate of drug-likeness (QED) is 0.432. The molecular formula is C22H14F2N2O2S. The van der Waals surface area contributed by atoms with Gasteiger partial charge in [-0.25, -0.2) is 13.8 Å². The molecule has 4 rings (SSSR count). The van der Waals surface area contributed by atoms with Gasteiger partial charge in [0, 0.05) is 10.9 Å². The molecule has 0 saturated carbocycles. The first-order chi connectivity index (χ1) is 14.1. The zero-order chi connectivity index (χ0) is 20.2. The number of aromatic nitrogens is 1. The van der Waals surface area contributed by atoms with E-state index in [1.165, 1.54) is 17.4 Å². The van der Waals surface area contributed by atoms with Crippen LogP contribution < -0.4 is 10.1 Å². The van der Waals surface area contributed by atoms with Crippen molar-refractivity contribution in [2.75, 3.05) is 5.32 Å². The molecule has 1 heterocycles. The highest BCUT2D eigenvalue weighted by atomic mass is 32.1. The van der Waals surface area contributed by atoms with Gasteiger partial charge >= 0.3 is 0 Å². The molecule has 144 valence electrons. The molecule has 1 amide bonds. The van der Waals surface area contributed by atoms with Gasteiger partial charge in [-0.3, -0.25) is 10.1 Å². The second-order valence-electron chi connectivity index (χ2n) is 6.03. The minimum absolute atomic E-state index is 0.247. The van der Waals surface area contributed by atoms with Crippen LogP contribution in [-0.4, -0.2) is 10.9 Å². The van der Waals surface area contributed by atoms with Crippen LogP contribution in [0.4, 0.5) is 13.9 Å². The Bertz CT molecular complexity index is 1120. The van der Waals surface area contributed by atoms with E-state index in [1.54, 1.807) is 5.38 Å². The van der Waals surface area contributed by atoms with Crippen LogP contribution in [0.25, 0.3) is 11.3 Å². The van der Waals surface area contributed by atoms with E-state index in [2.05, 4.69) is 10.3 Å². The second kappa shape index (κ2) is 8.20. The minimum Gasteiger partial charge on any atom is -0.457 e. The van der Waals surface area contributed by atoms with Gasteiger partial charge in [-0.15, -0.1) is 11.3 Å². The fourth-order valence-electron chi connectivity index (χ4n) is 2.66. The number of thiazole rings is 1. The Kier molecular flexibility index (Phi) is 5.31. The number of nitrogens with one attached hydrogen (secondary N) is 1. The van der Waals surface area contributed by atoms with Crippen LogP contribution in [0.3, 0.4) is 0 Å². The van der Waals surface area contributed by atoms with E-state index in [-0.39, 0.29) is 5.13 Å². The summed E-state index contributed by atoms with van der Waals surface area (Å²) in [5.41, 5.74) is 0.816. The van der Waals surface area contributed by atoms with Crippen LogP contribution in [-0.2, 0) is 0 Å². The summed E-state index contributed by atoms with van der Waals surface area (Å²) in [6.45, 7) is 0. The molecule has 0 radical (unpaired) electrons. The van der Waals surface area contributed by atoms with Crippen LogP contribution in [0.15, 0.2) is 78.2 Å². The lowest BCUT2D eigenvalue weighted by Crippen LogP contribution is -2.15. The maximum Gasteiger partial charge on any atom is 0.263 e. The van der Waals surface area contributed by atoms with Crippen LogP contribution in [0.1, 0.15) is 10.4 Å². The van der Waals surface area contributed by atoms with E-state index in [4.69, 9.17) is 4.74 Å². The Labute approximate surface area is 169 Å². The van der Waals surface area contributed by atoms with Gasteiger partial charge in [-0.1, -0.05) is 24.3 Å². The molecule has 1 N–H and O–H groups in total. The number of carbonyl (C=O) groups is 1. The van der Waals surface area contributed by atoms with Crippen LogP contribution in [0.2, 0.25) is 0 Å². The third-order valence-corrected chi connectivity index (χ3v) is 4.80. The number of hydrogen-bond donors (Lipinski definition) is 1. The summed E-state index contributed by atoms with van der Waals surface area (Å²) >= 11 is 1.17. The molecule has 7 heteroatoms. The molecule has 0 fully saturated rings. The fourth-order valence-corrected chi connectivity index (χ4v) is 3.37. The molecule has 29 heavy (non-hydrogen) atoms. The highest BCUT2D eigenvalue weighted by Gasteiger charge is 2.18. The van der Waals surface area contributed by atoms with E-state index in [1.807, 2.05) is 54.6 Å². The van der Waals surface area contributed by atoms with Crippen molar-refractivity contribution in [3.8, 4) is 22.8 Å². The van der Waals surface area contributed by atoms with Gasteiger partial charge < -0.3 is 4.74 Å². The number of nitrogens with zero attached hydrogens (tertiary/aromatic N) is 1. The Balaban J connectivity index is 1.47. The van der Waals surface area contributed by atoms with Crippen LogP contribution in [0.5, 0.6) is 11.5 Å². The van der Waals surface area contributed by atoms with E-state index in [9.17, 15) is 13.6 Å². The molecule has 0 spiro atoms. The van der Waals surface area contributed by atoms with Gasteiger partial charge in [0.25, 0.3) is 5.91 Å². The maximum atomic E-state index is 13.7. The van der Waals surface area contributed by atoms with Gasteiger partial charge in [0.2, 0.25) is 0 Å². The number of carbonyl (C=O) groups excluding carboxylic acids is 1. The normalized spacial score (nSPS) is 10.6. The number of ether oxygens (including phenoxy) is 1. The lowest BCUT2D eigenvalue weighted by molar-refractivity contribution is 0.101. The van der Waals surface area contributed by atoms with Crippen molar-refractivity contribution >= 4 is 22.4 Å². The maximum absolute atomic E-state index is 13.7. The highest BCUT2D eigenvalue weighted by molar-refractivity contribution is 7.14. The summed E-state index contributed by atoms with van der Waals surface area (Å²) in [6.07, 6.45) is 0. The number of para-hydroxylation sites is 1. The van der Waals surface area contributed by atoms with Gasteiger partial charge in [0.05, 0.1) is 5.69 Å². The standard InChI is InChI=1S/C22H14F2N2O2S/c23-17-7-4-8-18(24)20(17)21(27)26-22-25-19(13-29-22)14-9-11-16(12-10-14)28-15-5-2-1-3-6-15/h1-13H,(H,25,26,27). The molecule has 0 bridgehead atoms. The zero-order valence-corrected chi connectivity index (χ0v) is 15.7. The third kappa shape index (κ3) is 4.30. The van der Waals surface area contributed by atoms with Crippen molar-refractivity contribution in [2.45, 2.75) is 0 Å². The molecule has 3 aromatic carbocycles. The van der Waals surface area contributed by atoms with Crippen LogP contribution in [0, 0.1) is 11.6 Å². The number of benzene rings is 3. The van der Waals surface area contributed by atoms with Crippen molar-refractivity contribution < 1.29 is 18.3 Å². The van der Waals surface area contributed by atoms with Crippen molar-refractivity contribution in [1.82, 2.24) is 4.98 Å². The fraction of sp³-hybridized carbons (Fsp3) is 0. The van der Waals surface area contributed by atoms with E-state index < -0.39 is 23.1 Å². The second-order valence-corrected chi connectivity index (χ2v) is 6.89. The minimum atomic E-state index is -0.923. The molecule has 0 atom stereocenters. The smallest absolute Gasteiger partial charge is 0.263 e. The number of halogens is 2. The molecular weight excluding hydrogens is 394 g/mol. The van der Waals surface area contributed by atoms with Crippen molar-refractivity contribution in [1.29, 1.82) is 0 Å². The summed E-state index contributed by atoms with van der Waals surface area (Å²) in [5, 5.41) is 4.44. The summed E-state index contributed by atoms with van der Waals surface area (Å²) < 4.78 is 33.2. The monoisotopic (exact) mass is 408 g/mol. The lowest BCUT2D eigenvalue weighted by Gasteiger charge is -2.06. The highest BCUT2D eigenvalue weighted by Crippen LogP contribution is 2.28. The SMILES string of the molecule is O=C(Nc1nc(-c2ccc(Oc3ccccc3)cc2)cs1)c1c(F)cccc1F. The Morgan fingerprint density at radius 1 is 0.862 bits per heavy atom. The molecule has 0 aliphatic rings. The first-order valence-electron chi connectivity index (χ1n) is 8.64. The van der Waals surface area contributed by atoms with Gasteiger partial charge in [-0.2, -0.15) is 0 Å². The van der Waals surface area contributed by atoms with Gasteiger partial charge in [0.1, 0.15) is 28.7 Å². The Hall–Kier alpha value is -3.58. The number of rotatable bonds is 5. The first-order valence-corrected chi connectivity index (χ1v) is 9.52. The summed E-state index contributed by atoms with van der Waals surface area (Å²) in [7, 11) is 0. The molecule has 0 unspecified atom stereocenters. The largest absolute Gasteiger partial charge is 0.457 e. The number of amides is 1. The average molecular weight is 408 g/mol. The van der Waals surface area contributed by atoms with Crippen molar-refractivity contribution in [3.63, 3.8) is 0 Å². The number of anilines is 1. The van der Waals surface area contributed by atoms with Gasteiger partial charge in [-0.05, 0) is 48.5 Å². The Morgan fingerprint density at radius 3 is 2.21 bits per heavy atom.